The minimum atomic E-state index is -0.242. The van der Waals surface area contributed by atoms with E-state index in [2.05, 4.69) is 13.8 Å². The first-order valence-electron chi connectivity index (χ1n) is 18.5. The smallest absolute Gasteiger partial charge is 0.321 e. The van der Waals surface area contributed by atoms with Crippen LogP contribution in [0.1, 0.15) is 219 Å². The molecule has 3 heteroatoms. The van der Waals surface area contributed by atoms with Crippen LogP contribution in [-0.4, -0.2) is 18.0 Å². The van der Waals surface area contributed by atoms with Gasteiger partial charge in [-0.1, -0.05) is 194 Å². The Bertz CT molecular complexity index is 447. The second kappa shape index (κ2) is 35.0. The van der Waals surface area contributed by atoms with E-state index in [0.29, 0.717) is 0 Å². The molecule has 0 aliphatic heterocycles. The Morgan fingerprint density at radius 2 is 0.650 bits per heavy atom. The number of hydrogen-bond acceptors (Lipinski definition) is 2. The number of carbonyl (C=O) groups excluding carboxylic acids is 1. The summed E-state index contributed by atoms with van der Waals surface area (Å²) >= 11 is 5.72. The Labute approximate surface area is 257 Å². The number of halogens is 1. The molecule has 0 amide bonds. The predicted molar refractivity (Wildman–Crippen MR) is 180 cm³/mol. The van der Waals surface area contributed by atoms with Gasteiger partial charge < -0.3 is 4.74 Å². The van der Waals surface area contributed by atoms with Crippen LogP contribution >= 0.6 is 11.6 Å². The van der Waals surface area contributed by atoms with Crippen LogP contribution < -0.4 is 0 Å². The van der Waals surface area contributed by atoms with E-state index >= 15 is 0 Å². The minimum absolute atomic E-state index is 0.0196. The van der Waals surface area contributed by atoms with Crippen molar-refractivity contribution in [1.82, 2.24) is 0 Å². The van der Waals surface area contributed by atoms with Gasteiger partial charge in [0.1, 0.15) is 12.0 Å². The Balaban J connectivity index is 3.57. The SMILES string of the molecule is CCCCCCCCCCCCCCCCCC(CCCCCCCCCCCCCCCCC)OC(=O)CCl. The monoisotopic (exact) mass is 585 g/mol. The molecule has 2 nitrogen and oxygen atoms in total. The number of rotatable bonds is 34. The number of hydrogen-bond donors (Lipinski definition) is 0. The van der Waals surface area contributed by atoms with Gasteiger partial charge in [-0.3, -0.25) is 4.79 Å². The zero-order valence-corrected chi connectivity index (χ0v) is 28.4. The highest BCUT2D eigenvalue weighted by atomic mass is 35.5. The molecule has 0 aliphatic carbocycles. The lowest BCUT2D eigenvalue weighted by atomic mass is 10.0. The van der Waals surface area contributed by atoms with E-state index in [4.69, 9.17) is 16.3 Å². The number of esters is 1. The van der Waals surface area contributed by atoms with Gasteiger partial charge in [0.05, 0.1) is 0 Å². The van der Waals surface area contributed by atoms with Gasteiger partial charge in [-0.15, -0.1) is 11.6 Å². The van der Waals surface area contributed by atoms with Crippen LogP contribution in [0.3, 0.4) is 0 Å². The molecule has 0 fully saturated rings. The second-order valence-corrected chi connectivity index (χ2v) is 13.0. The Kier molecular flexibility index (Phi) is 34.7. The third kappa shape index (κ3) is 32.3. The van der Waals surface area contributed by atoms with Crippen molar-refractivity contribution in [3.63, 3.8) is 0 Å². The molecule has 0 N–H and O–H groups in total. The average molecular weight is 585 g/mol. The van der Waals surface area contributed by atoms with Crippen molar-refractivity contribution < 1.29 is 9.53 Å². The van der Waals surface area contributed by atoms with E-state index in [0.717, 1.165) is 12.8 Å². The third-order valence-electron chi connectivity index (χ3n) is 8.67. The average Bonchev–Trinajstić information content (AvgIpc) is 2.96. The number of ether oxygens (including phenoxy) is 1. The first-order chi connectivity index (χ1) is 19.7. The third-order valence-corrected chi connectivity index (χ3v) is 8.88. The van der Waals surface area contributed by atoms with Gasteiger partial charge in [-0.25, -0.2) is 0 Å². The summed E-state index contributed by atoms with van der Waals surface area (Å²) in [5.41, 5.74) is 0. The Morgan fingerprint density at radius 3 is 0.875 bits per heavy atom. The van der Waals surface area contributed by atoms with Crippen molar-refractivity contribution in [2.75, 3.05) is 5.88 Å². The molecule has 0 atom stereocenters. The Morgan fingerprint density at radius 1 is 0.425 bits per heavy atom. The molecule has 0 radical (unpaired) electrons. The van der Waals surface area contributed by atoms with E-state index in [1.807, 2.05) is 0 Å². The largest absolute Gasteiger partial charge is 0.461 e. The number of carbonyl (C=O) groups is 1. The van der Waals surface area contributed by atoms with Crippen LogP contribution in [0.25, 0.3) is 0 Å². The van der Waals surface area contributed by atoms with Crippen molar-refractivity contribution in [2.24, 2.45) is 0 Å². The van der Waals surface area contributed by atoms with Crippen molar-refractivity contribution in [2.45, 2.75) is 225 Å². The summed E-state index contributed by atoms with van der Waals surface area (Å²) in [5, 5.41) is 0. The highest BCUT2D eigenvalue weighted by molar-refractivity contribution is 6.26. The maximum absolute atomic E-state index is 11.8. The van der Waals surface area contributed by atoms with Gasteiger partial charge in [0.2, 0.25) is 0 Å². The fourth-order valence-corrected chi connectivity index (χ4v) is 6.03. The van der Waals surface area contributed by atoms with Gasteiger partial charge in [0.15, 0.2) is 0 Å². The van der Waals surface area contributed by atoms with Gasteiger partial charge in [-0.05, 0) is 25.7 Å². The molecule has 0 aromatic heterocycles. The molecule has 0 saturated heterocycles. The maximum atomic E-state index is 11.8. The lowest BCUT2D eigenvalue weighted by Gasteiger charge is -2.17. The summed E-state index contributed by atoms with van der Waals surface area (Å²) in [6.07, 6.45) is 43.6. The van der Waals surface area contributed by atoms with Crippen LogP contribution in [-0.2, 0) is 9.53 Å². The number of alkyl halides is 1. The summed E-state index contributed by atoms with van der Waals surface area (Å²) in [6, 6.07) is 0. The normalized spacial score (nSPS) is 11.5. The van der Waals surface area contributed by atoms with Gasteiger partial charge in [0.25, 0.3) is 0 Å². The molecule has 0 aliphatic rings. The highest BCUT2D eigenvalue weighted by Gasteiger charge is 2.13. The molecular weight excluding hydrogens is 512 g/mol. The minimum Gasteiger partial charge on any atom is -0.461 e. The maximum Gasteiger partial charge on any atom is 0.321 e. The molecule has 240 valence electrons. The van der Waals surface area contributed by atoms with E-state index in [1.54, 1.807) is 0 Å². The van der Waals surface area contributed by atoms with E-state index in [9.17, 15) is 4.79 Å². The van der Waals surface area contributed by atoms with Gasteiger partial charge >= 0.3 is 5.97 Å². The van der Waals surface area contributed by atoms with E-state index in [1.165, 1.54) is 193 Å². The quantitative estimate of drug-likeness (QED) is 0.0427. The topological polar surface area (TPSA) is 26.3 Å². The predicted octanol–water partition coefficient (Wildman–Crippen LogP) is 13.7. The zero-order valence-electron chi connectivity index (χ0n) is 27.6. The molecule has 0 unspecified atom stereocenters. The van der Waals surface area contributed by atoms with Crippen molar-refractivity contribution in [1.29, 1.82) is 0 Å². The van der Waals surface area contributed by atoms with Crippen LogP contribution in [0.5, 0.6) is 0 Å². The second-order valence-electron chi connectivity index (χ2n) is 12.7. The van der Waals surface area contributed by atoms with Crippen molar-refractivity contribution in [3.8, 4) is 0 Å². The van der Waals surface area contributed by atoms with Crippen molar-refractivity contribution in [3.05, 3.63) is 0 Å². The summed E-state index contributed by atoms with van der Waals surface area (Å²) in [6.45, 7) is 4.58. The molecule has 0 spiro atoms. The summed E-state index contributed by atoms with van der Waals surface area (Å²) in [4.78, 5) is 11.8. The van der Waals surface area contributed by atoms with Gasteiger partial charge in [0, 0.05) is 0 Å². The van der Waals surface area contributed by atoms with E-state index < -0.39 is 0 Å². The first-order valence-corrected chi connectivity index (χ1v) is 19.0. The van der Waals surface area contributed by atoms with Crippen LogP contribution in [0.2, 0.25) is 0 Å². The van der Waals surface area contributed by atoms with Crippen LogP contribution in [0.4, 0.5) is 0 Å². The molecule has 0 saturated carbocycles. The summed E-state index contributed by atoms with van der Waals surface area (Å²) in [5.74, 6) is -0.262. The standard InChI is InChI=1S/C37H73ClO2/c1-3-5-7-9-11-13-15-17-19-21-23-25-27-29-31-33-36(40-37(39)35-38)34-32-30-28-26-24-22-20-18-16-14-12-10-8-6-4-2/h36H,3-35H2,1-2H3. The van der Waals surface area contributed by atoms with Crippen molar-refractivity contribution >= 4 is 17.6 Å². The number of unbranched alkanes of at least 4 members (excludes halogenated alkanes) is 28. The van der Waals surface area contributed by atoms with Gasteiger partial charge in [-0.2, -0.15) is 0 Å². The summed E-state index contributed by atoms with van der Waals surface area (Å²) < 4.78 is 5.67. The molecule has 0 heterocycles. The summed E-state index contributed by atoms with van der Waals surface area (Å²) in [7, 11) is 0. The molecule has 0 rings (SSSR count). The fraction of sp³-hybridized carbons (Fsp3) is 0.973. The lowest BCUT2D eigenvalue weighted by Crippen LogP contribution is -2.19. The zero-order chi connectivity index (χ0) is 29.2. The molecule has 40 heavy (non-hydrogen) atoms. The lowest BCUT2D eigenvalue weighted by molar-refractivity contribution is -0.146. The molecule has 0 bridgehead atoms. The Hall–Kier alpha value is -0.240. The molecule has 0 aromatic rings. The van der Waals surface area contributed by atoms with E-state index in [-0.39, 0.29) is 18.0 Å². The first kappa shape index (κ1) is 39.8. The molecular formula is C37H73ClO2. The fourth-order valence-electron chi connectivity index (χ4n) is 5.97. The highest BCUT2D eigenvalue weighted by Crippen LogP contribution is 2.19. The molecule has 0 aromatic carbocycles. The van der Waals surface area contributed by atoms with Crippen LogP contribution in [0, 0.1) is 0 Å². The van der Waals surface area contributed by atoms with Crippen LogP contribution in [0.15, 0.2) is 0 Å².